The van der Waals surface area contributed by atoms with Crippen molar-refractivity contribution in [1.82, 2.24) is 0 Å². The molecule has 0 heterocycles. The van der Waals surface area contributed by atoms with Gasteiger partial charge in [0.15, 0.2) is 0 Å². The van der Waals surface area contributed by atoms with Crippen LogP contribution < -0.4 is 24.8 Å². The van der Waals surface area contributed by atoms with Crippen LogP contribution in [0.4, 0.5) is 0 Å². The molecular weight excluding hydrogens is 341 g/mol. The van der Waals surface area contributed by atoms with Gasteiger partial charge in [0.1, 0.15) is 0 Å². The maximum Gasteiger partial charge on any atom is 2.00 e. The normalized spacial score (nSPS) is 0. The van der Waals surface area contributed by atoms with E-state index >= 15 is 0 Å². The van der Waals surface area contributed by atoms with E-state index in [9.17, 15) is 0 Å². The summed E-state index contributed by atoms with van der Waals surface area (Å²) in [6.45, 7) is 0. The Bertz CT molecular complexity index is 7.61. The molecule has 0 spiro atoms. The summed E-state index contributed by atoms with van der Waals surface area (Å²) in [6, 6.07) is 0. The molecule has 0 amide bonds. The van der Waals surface area contributed by atoms with Crippen molar-refractivity contribution in [3.8, 4) is 0 Å². The van der Waals surface area contributed by atoms with Crippen LogP contribution in [0.3, 0.4) is 0 Å². The van der Waals surface area contributed by atoms with Crippen molar-refractivity contribution in [2.75, 3.05) is 0 Å². The predicted octanol–water partition coefficient (Wildman–Crippen LogP) is -7.64. The maximum absolute atomic E-state index is 0. The van der Waals surface area contributed by atoms with Gasteiger partial charge in [-0.25, -0.2) is 0 Å². The van der Waals surface area contributed by atoms with Crippen molar-refractivity contribution in [2.45, 2.75) is 0 Å². The minimum Gasteiger partial charge on any atom is -1.00 e. The molecule has 0 saturated carbocycles. The molecule has 2 nitrogen and oxygen atoms in total. The molecular formula is H4Cl2O2U. The summed E-state index contributed by atoms with van der Waals surface area (Å²) in [4.78, 5) is 0. The van der Waals surface area contributed by atoms with Crippen molar-refractivity contribution >= 4 is 0 Å². The Labute approximate surface area is 66.5 Å². The van der Waals surface area contributed by atoms with Crippen molar-refractivity contribution in [2.24, 2.45) is 0 Å². The molecule has 0 aliphatic carbocycles. The van der Waals surface area contributed by atoms with E-state index in [4.69, 9.17) is 0 Å². The first kappa shape index (κ1) is 83.9. The van der Waals surface area contributed by atoms with Crippen molar-refractivity contribution < 1.29 is 66.9 Å². The predicted molar refractivity (Wildman–Crippen MR) is 7.23 cm³/mol. The van der Waals surface area contributed by atoms with Crippen LogP contribution in [0.25, 0.3) is 0 Å². The molecule has 34 valence electrons. The summed E-state index contributed by atoms with van der Waals surface area (Å²) >= 11 is 0. The van der Waals surface area contributed by atoms with Gasteiger partial charge in [-0.1, -0.05) is 0 Å². The third-order valence-corrected chi connectivity index (χ3v) is 0. The van der Waals surface area contributed by atoms with Gasteiger partial charge in [-0.2, -0.15) is 0 Å². The second-order valence-electron chi connectivity index (χ2n) is 0. The Hall–Kier alpha value is 1.55. The Morgan fingerprint density at radius 3 is 0.600 bits per heavy atom. The van der Waals surface area contributed by atoms with Crippen molar-refractivity contribution in [3.63, 3.8) is 0 Å². The molecule has 0 aliphatic rings. The second kappa shape index (κ2) is 47.8. The Kier molecular flexibility index (Phi) is 801. The molecule has 0 fully saturated rings. The van der Waals surface area contributed by atoms with Crippen LogP contribution in [0.5, 0.6) is 0 Å². The summed E-state index contributed by atoms with van der Waals surface area (Å²) in [7, 11) is 0. The number of hydrogen-bond acceptors (Lipinski definition) is 0. The summed E-state index contributed by atoms with van der Waals surface area (Å²) in [5, 5.41) is 0. The van der Waals surface area contributed by atoms with Gasteiger partial charge in [-0.15, -0.1) is 0 Å². The molecule has 0 aromatic rings. The molecule has 0 aliphatic heterocycles. The Balaban J connectivity index is 0. The monoisotopic (exact) mass is 344 g/mol. The number of halogens is 2. The fourth-order valence-corrected chi connectivity index (χ4v) is 0. The SMILES string of the molecule is O.O.[Cl-].[Cl-].[U+2]. The van der Waals surface area contributed by atoms with E-state index in [2.05, 4.69) is 0 Å². The standard InChI is InChI=1S/2ClH.2H2O.U/h2*1H;2*1H2;/q;;;;+2/p-2. The third kappa shape index (κ3) is 29.1. The fourth-order valence-electron chi connectivity index (χ4n) is 0. The molecule has 5 heteroatoms. The van der Waals surface area contributed by atoms with Crippen LogP contribution in [-0.4, -0.2) is 11.0 Å². The minimum absolute atomic E-state index is 0. The maximum atomic E-state index is 0. The van der Waals surface area contributed by atoms with Gasteiger partial charge < -0.3 is 35.8 Å². The molecule has 5 heavy (non-hydrogen) atoms. The van der Waals surface area contributed by atoms with Gasteiger partial charge >= 0.3 is 31.1 Å². The summed E-state index contributed by atoms with van der Waals surface area (Å²) in [5.74, 6) is 0. The van der Waals surface area contributed by atoms with Gasteiger partial charge in [0.25, 0.3) is 0 Å². The molecule has 0 radical (unpaired) electrons. The van der Waals surface area contributed by atoms with Crippen LogP contribution in [0.1, 0.15) is 0 Å². The zero-order valence-electron chi connectivity index (χ0n) is 2.26. The van der Waals surface area contributed by atoms with E-state index in [1.807, 2.05) is 0 Å². The molecule has 4 N–H and O–H groups in total. The van der Waals surface area contributed by atoms with Gasteiger partial charge in [0.2, 0.25) is 0 Å². The Morgan fingerprint density at radius 2 is 0.600 bits per heavy atom. The third-order valence-electron chi connectivity index (χ3n) is 0. The molecule has 0 saturated heterocycles. The van der Waals surface area contributed by atoms with Crippen molar-refractivity contribution in [1.29, 1.82) is 0 Å². The first-order valence-corrected chi connectivity index (χ1v) is 0. The molecule has 0 atom stereocenters. The minimum atomic E-state index is 0. The van der Waals surface area contributed by atoms with Crippen LogP contribution in [0, 0.1) is 31.1 Å². The van der Waals surface area contributed by atoms with Crippen LogP contribution >= 0.6 is 0 Å². The summed E-state index contributed by atoms with van der Waals surface area (Å²) < 4.78 is 0. The summed E-state index contributed by atoms with van der Waals surface area (Å²) in [5.41, 5.74) is 0. The first-order valence-electron chi connectivity index (χ1n) is 0. The van der Waals surface area contributed by atoms with Gasteiger partial charge in [-0.3, -0.25) is 0 Å². The molecule has 0 aromatic heterocycles. The molecule has 0 bridgehead atoms. The van der Waals surface area contributed by atoms with Gasteiger partial charge in [0.05, 0.1) is 0 Å². The van der Waals surface area contributed by atoms with Crippen molar-refractivity contribution in [3.05, 3.63) is 0 Å². The van der Waals surface area contributed by atoms with E-state index in [0.29, 0.717) is 0 Å². The van der Waals surface area contributed by atoms with Crippen LogP contribution in [0.2, 0.25) is 0 Å². The summed E-state index contributed by atoms with van der Waals surface area (Å²) in [6.07, 6.45) is 0. The Morgan fingerprint density at radius 1 is 0.600 bits per heavy atom. The zero-order valence-corrected chi connectivity index (χ0v) is 7.93. The van der Waals surface area contributed by atoms with E-state index in [1.54, 1.807) is 0 Å². The second-order valence-corrected chi connectivity index (χ2v) is 0. The molecule has 0 aromatic carbocycles. The quantitative estimate of drug-likeness (QED) is 0.419. The van der Waals surface area contributed by atoms with Crippen LogP contribution in [0.15, 0.2) is 0 Å². The van der Waals surface area contributed by atoms with E-state index in [1.165, 1.54) is 0 Å². The van der Waals surface area contributed by atoms with Gasteiger partial charge in [-0.05, 0) is 0 Å². The molecule has 0 rings (SSSR count). The fraction of sp³-hybridized carbons (Fsp3) is 0. The average molecular weight is 345 g/mol. The largest absolute Gasteiger partial charge is 2.00 e. The number of rotatable bonds is 0. The first-order chi connectivity index (χ1) is 0. The van der Waals surface area contributed by atoms with E-state index < -0.39 is 0 Å². The average Bonchev–Trinajstić information content (AvgIpc) is 0. The molecule has 0 unspecified atom stereocenters. The van der Waals surface area contributed by atoms with E-state index in [0.717, 1.165) is 0 Å². The zero-order chi connectivity index (χ0) is 0. The smallest absolute Gasteiger partial charge is 1.00 e. The van der Waals surface area contributed by atoms with Crippen LogP contribution in [-0.2, 0) is 0 Å². The van der Waals surface area contributed by atoms with E-state index in [-0.39, 0.29) is 66.9 Å². The van der Waals surface area contributed by atoms with Gasteiger partial charge in [0, 0.05) is 0 Å². The topological polar surface area (TPSA) is 63.0 Å². The number of hydrogen-bond donors (Lipinski definition) is 0.